The lowest BCUT2D eigenvalue weighted by molar-refractivity contribution is 0.341. The van der Waals surface area contributed by atoms with Gasteiger partial charge in [0.1, 0.15) is 0 Å². The quantitative estimate of drug-likeness (QED) is 0.822. The van der Waals surface area contributed by atoms with E-state index in [1.165, 1.54) is 12.0 Å². The lowest BCUT2D eigenvalue weighted by atomic mass is 9.92. The Hall–Kier alpha value is -0.830. The predicted octanol–water partition coefficient (Wildman–Crippen LogP) is 3.38. The summed E-state index contributed by atoms with van der Waals surface area (Å²) in [5.74, 6) is 0. The minimum atomic E-state index is 0.373. The van der Waals surface area contributed by atoms with Gasteiger partial charge in [-0.2, -0.15) is 5.10 Å². The number of aromatic nitrogens is 2. The van der Waals surface area contributed by atoms with Gasteiger partial charge in [0.05, 0.1) is 6.20 Å². The number of nitrogens with one attached hydrogen (secondary N) is 1. The Morgan fingerprint density at radius 2 is 2.12 bits per heavy atom. The lowest BCUT2D eigenvalue weighted by Crippen LogP contribution is -2.18. The molecule has 0 aliphatic rings. The molecular weight excluding hydrogens is 210 g/mol. The number of hydrogen-bond donors (Lipinski definition) is 1. The van der Waals surface area contributed by atoms with Crippen LogP contribution in [0.5, 0.6) is 0 Å². The Morgan fingerprint density at radius 3 is 2.71 bits per heavy atom. The average Bonchev–Trinajstić information content (AvgIpc) is 2.70. The van der Waals surface area contributed by atoms with Crippen molar-refractivity contribution in [3.05, 3.63) is 18.0 Å². The van der Waals surface area contributed by atoms with E-state index in [-0.39, 0.29) is 0 Å². The van der Waals surface area contributed by atoms with Gasteiger partial charge in [0.15, 0.2) is 0 Å². The molecule has 1 N–H and O–H groups in total. The van der Waals surface area contributed by atoms with Crippen molar-refractivity contribution in [3.8, 4) is 0 Å². The summed E-state index contributed by atoms with van der Waals surface area (Å²) < 4.78 is 2.06. The molecule has 3 nitrogen and oxygen atoms in total. The van der Waals surface area contributed by atoms with Gasteiger partial charge < -0.3 is 5.32 Å². The third-order valence-electron chi connectivity index (χ3n) is 2.94. The van der Waals surface area contributed by atoms with Crippen LogP contribution in [0.25, 0.3) is 0 Å². The van der Waals surface area contributed by atoms with Crippen LogP contribution in [0.2, 0.25) is 0 Å². The van der Waals surface area contributed by atoms with E-state index < -0.39 is 0 Å². The van der Waals surface area contributed by atoms with E-state index in [0.29, 0.717) is 11.5 Å². The van der Waals surface area contributed by atoms with Crippen LogP contribution in [0, 0.1) is 5.41 Å². The zero-order valence-corrected chi connectivity index (χ0v) is 12.0. The molecule has 0 aliphatic heterocycles. The van der Waals surface area contributed by atoms with E-state index in [1.54, 1.807) is 0 Å². The SMILES string of the molecule is CCCNC(C)c1cnn(CCC(C)(C)C)c1. The van der Waals surface area contributed by atoms with Crippen molar-refractivity contribution >= 4 is 0 Å². The van der Waals surface area contributed by atoms with Gasteiger partial charge in [0.25, 0.3) is 0 Å². The topological polar surface area (TPSA) is 29.9 Å². The molecule has 1 rings (SSSR count). The Bertz CT molecular complexity index is 322. The molecule has 1 atom stereocenters. The van der Waals surface area contributed by atoms with E-state index >= 15 is 0 Å². The van der Waals surface area contributed by atoms with Crippen molar-refractivity contribution < 1.29 is 0 Å². The summed E-state index contributed by atoms with van der Waals surface area (Å²) in [5, 5.41) is 7.91. The Morgan fingerprint density at radius 1 is 1.41 bits per heavy atom. The van der Waals surface area contributed by atoms with Crippen LogP contribution >= 0.6 is 0 Å². The number of aryl methyl sites for hydroxylation is 1. The maximum Gasteiger partial charge on any atom is 0.0537 e. The summed E-state index contributed by atoms with van der Waals surface area (Å²) in [4.78, 5) is 0. The molecule has 0 radical (unpaired) electrons. The molecule has 0 bridgehead atoms. The van der Waals surface area contributed by atoms with Crippen LogP contribution in [-0.4, -0.2) is 16.3 Å². The first-order valence-electron chi connectivity index (χ1n) is 6.68. The Kier molecular flexibility index (Phi) is 5.19. The zero-order valence-electron chi connectivity index (χ0n) is 12.0. The van der Waals surface area contributed by atoms with Gasteiger partial charge in [-0.05, 0) is 31.7 Å². The van der Waals surface area contributed by atoms with Gasteiger partial charge in [-0.3, -0.25) is 4.68 Å². The van der Waals surface area contributed by atoms with Crippen LogP contribution in [0.3, 0.4) is 0 Å². The first-order valence-corrected chi connectivity index (χ1v) is 6.68. The minimum Gasteiger partial charge on any atom is -0.310 e. The first-order chi connectivity index (χ1) is 7.92. The standard InChI is InChI=1S/C14H27N3/c1-6-8-15-12(2)13-10-16-17(11-13)9-7-14(3,4)5/h10-12,15H,6-9H2,1-5H3. The van der Waals surface area contributed by atoms with Gasteiger partial charge >= 0.3 is 0 Å². The Labute approximate surface area is 106 Å². The van der Waals surface area contributed by atoms with E-state index in [2.05, 4.69) is 55.9 Å². The smallest absolute Gasteiger partial charge is 0.0537 e. The van der Waals surface area contributed by atoms with Crippen molar-refractivity contribution in [2.24, 2.45) is 5.41 Å². The molecule has 17 heavy (non-hydrogen) atoms. The fourth-order valence-electron chi connectivity index (χ4n) is 1.65. The maximum atomic E-state index is 4.43. The predicted molar refractivity (Wildman–Crippen MR) is 73.0 cm³/mol. The normalized spacial score (nSPS) is 13.9. The molecule has 1 aromatic heterocycles. The van der Waals surface area contributed by atoms with Gasteiger partial charge in [-0.1, -0.05) is 27.7 Å². The molecular formula is C14H27N3. The van der Waals surface area contributed by atoms with Gasteiger partial charge in [-0.15, -0.1) is 0 Å². The molecule has 0 saturated heterocycles. The second kappa shape index (κ2) is 6.20. The van der Waals surface area contributed by atoms with Gasteiger partial charge in [0, 0.05) is 24.3 Å². The van der Waals surface area contributed by atoms with Crippen LogP contribution in [0.1, 0.15) is 59.1 Å². The number of hydrogen-bond acceptors (Lipinski definition) is 2. The zero-order chi connectivity index (χ0) is 12.9. The van der Waals surface area contributed by atoms with Gasteiger partial charge in [-0.25, -0.2) is 0 Å². The van der Waals surface area contributed by atoms with Crippen LogP contribution < -0.4 is 5.32 Å². The highest BCUT2D eigenvalue weighted by molar-refractivity contribution is 5.09. The molecule has 1 aromatic rings. The second-order valence-corrected chi connectivity index (χ2v) is 6.02. The first kappa shape index (κ1) is 14.2. The van der Waals surface area contributed by atoms with Crippen molar-refractivity contribution in [3.63, 3.8) is 0 Å². The molecule has 0 aliphatic carbocycles. The summed E-state index contributed by atoms with van der Waals surface area (Å²) in [7, 11) is 0. The van der Waals surface area contributed by atoms with Crippen LogP contribution in [0.4, 0.5) is 0 Å². The summed E-state index contributed by atoms with van der Waals surface area (Å²) in [6, 6.07) is 0.401. The monoisotopic (exact) mass is 237 g/mol. The van der Waals surface area contributed by atoms with Crippen molar-refractivity contribution in [2.45, 2.75) is 60.0 Å². The average molecular weight is 237 g/mol. The fourth-order valence-corrected chi connectivity index (χ4v) is 1.65. The van der Waals surface area contributed by atoms with E-state index in [4.69, 9.17) is 0 Å². The minimum absolute atomic E-state index is 0.373. The van der Waals surface area contributed by atoms with E-state index in [9.17, 15) is 0 Å². The number of nitrogens with zero attached hydrogens (tertiary/aromatic N) is 2. The Balaban J connectivity index is 2.47. The van der Waals surface area contributed by atoms with Crippen LogP contribution in [-0.2, 0) is 6.54 Å². The van der Waals surface area contributed by atoms with E-state index in [0.717, 1.165) is 19.5 Å². The number of rotatable bonds is 6. The highest BCUT2D eigenvalue weighted by Crippen LogP contribution is 2.19. The fraction of sp³-hybridized carbons (Fsp3) is 0.786. The molecule has 1 unspecified atom stereocenters. The second-order valence-electron chi connectivity index (χ2n) is 6.02. The lowest BCUT2D eigenvalue weighted by Gasteiger charge is -2.17. The third-order valence-corrected chi connectivity index (χ3v) is 2.94. The van der Waals surface area contributed by atoms with Crippen molar-refractivity contribution in [1.82, 2.24) is 15.1 Å². The highest BCUT2D eigenvalue weighted by Gasteiger charge is 2.11. The summed E-state index contributed by atoms with van der Waals surface area (Å²) in [6.07, 6.45) is 6.47. The summed E-state index contributed by atoms with van der Waals surface area (Å²) in [5.41, 5.74) is 1.66. The van der Waals surface area contributed by atoms with Crippen molar-refractivity contribution in [1.29, 1.82) is 0 Å². The molecule has 3 heteroatoms. The molecule has 0 aromatic carbocycles. The molecule has 1 heterocycles. The molecule has 0 saturated carbocycles. The third kappa shape index (κ3) is 5.35. The maximum absolute atomic E-state index is 4.43. The molecule has 0 fully saturated rings. The summed E-state index contributed by atoms with van der Waals surface area (Å²) >= 11 is 0. The van der Waals surface area contributed by atoms with Crippen molar-refractivity contribution in [2.75, 3.05) is 6.54 Å². The highest BCUT2D eigenvalue weighted by atomic mass is 15.3. The molecule has 98 valence electrons. The molecule has 0 spiro atoms. The van der Waals surface area contributed by atoms with Crippen LogP contribution in [0.15, 0.2) is 12.4 Å². The largest absolute Gasteiger partial charge is 0.310 e. The van der Waals surface area contributed by atoms with Gasteiger partial charge in [0.2, 0.25) is 0 Å². The van der Waals surface area contributed by atoms with E-state index in [1.807, 2.05) is 6.20 Å². The summed E-state index contributed by atoms with van der Waals surface area (Å²) in [6.45, 7) is 13.3. The molecule has 0 amide bonds.